The maximum atomic E-state index is 12.8. The monoisotopic (exact) mass is 340 g/mol. The molecule has 1 unspecified atom stereocenters. The molecule has 2 aromatic rings. The van der Waals surface area contributed by atoms with Gasteiger partial charge in [0.25, 0.3) is 0 Å². The molecule has 7 heteroatoms. The second-order valence-corrected chi connectivity index (χ2v) is 9.32. The van der Waals surface area contributed by atoms with Gasteiger partial charge < -0.3 is 4.74 Å². The zero-order chi connectivity index (χ0) is 16.0. The molecule has 5 nitrogen and oxygen atoms in total. The lowest BCUT2D eigenvalue weighted by atomic mass is 10.1. The third-order valence-corrected chi connectivity index (χ3v) is 7.92. The number of benzene rings is 2. The summed E-state index contributed by atoms with van der Waals surface area (Å²) in [6.07, 6.45) is 0. The van der Waals surface area contributed by atoms with Crippen molar-refractivity contribution in [2.45, 2.75) is 15.0 Å². The summed E-state index contributed by atoms with van der Waals surface area (Å²) in [6, 6.07) is 12.8. The van der Waals surface area contributed by atoms with Gasteiger partial charge in [-0.15, -0.1) is 0 Å². The highest BCUT2D eigenvalue weighted by Crippen LogP contribution is 2.61. The molecule has 2 N–H and O–H groups in total. The molecule has 118 valence electrons. The third-order valence-electron chi connectivity index (χ3n) is 3.75. The summed E-state index contributed by atoms with van der Waals surface area (Å²) >= 11 is 0. The summed E-state index contributed by atoms with van der Waals surface area (Å²) < 4.78 is 51.2. The van der Waals surface area contributed by atoms with E-state index in [1.54, 1.807) is 30.3 Å². The molecule has 1 aliphatic rings. The second kappa shape index (κ2) is 5.27. The molecular formula is C15H16O5S2. The number of rotatable bonds is 3. The topological polar surface area (TPSA) is 83.8 Å². The summed E-state index contributed by atoms with van der Waals surface area (Å²) in [4.78, 5) is 0.440. The van der Waals surface area contributed by atoms with Crippen LogP contribution < -0.4 is 4.74 Å². The molecule has 2 aromatic carbocycles. The number of hydrogen-bond donors (Lipinski definition) is 2. The van der Waals surface area contributed by atoms with E-state index in [9.17, 15) is 17.5 Å². The van der Waals surface area contributed by atoms with E-state index < -0.39 is 25.7 Å². The second-order valence-electron chi connectivity index (χ2n) is 5.08. The molecule has 0 bridgehead atoms. The standard InChI is InChI=1S/C15H16O5S2/c1-20-11-7-8-13-14(9-11)21(16,17)10-15(13)22(18,19)12-5-3-2-4-6-12/h2-9,15-17H,10H2,1H3. The van der Waals surface area contributed by atoms with Gasteiger partial charge in [0.05, 0.1) is 22.7 Å². The molecule has 1 aliphatic heterocycles. The van der Waals surface area contributed by atoms with Gasteiger partial charge in [-0.25, -0.2) is 8.42 Å². The largest absolute Gasteiger partial charge is 0.497 e. The van der Waals surface area contributed by atoms with Crippen molar-refractivity contribution in [1.29, 1.82) is 0 Å². The lowest BCUT2D eigenvalue weighted by Crippen LogP contribution is -2.15. The maximum Gasteiger partial charge on any atom is 0.187 e. The molecule has 0 saturated carbocycles. The Kier molecular flexibility index (Phi) is 3.68. The lowest BCUT2D eigenvalue weighted by molar-refractivity contribution is 0.412. The Labute approximate surface area is 130 Å². The van der Waals surface area contributed by atoms with E-state index >= 15 is 0 Å². The van der Waals surface area contributed by atoms with Gasteiger partial charge in [-0.1, -0.05) is 24.3 Å². The van der Waals surface area contributed by atoms with E-state index in [1.807, 2.05) is 0 Å². The normalized spacial score (nSPS) is 21.1. The summed E-state index contributed by atoms with van der Waals surface area (Å²) in [5, 5.41) is -0.958. The van der Waals surface area contributed by atoms with Crippen LogP contribution in [0.3, 0.4) is 0 Å². The molecule has 0 radical (unpaired) electrons. The van der Waals surface area contributed by atoms with Crippen LogP contribution in [0.15, 0.2) is 58.3 Å². The van der Waals surface area contributed by atoms with Gasteiger partial charge in [-0.3, -0.25) is 9.11 Å². The maximum absolute atomic E-state index is 12.8. The number of ether oxygens (including phenoxy) is 1. The molecule has 0 spiro atoms. The minimum absolute atomic E-state index is 0.180. The smallest absolute Gasteiger partial charge is 0.187 e. The van der Waals surface area contributed by atoms with E-state index in [-0.39, 0.29) is 15.5 Å². The number of hydrogen-bond acceptors (Lipinski definition) is 5. The summed E-state index contributed by atoms with van der Waals surface area (Å²) in [5.74, 6) is 0.253. The average Bonchev–Trinajstić information content (AvgIpc) is 2.80. The molecular weight excluding hydrogens is 324 g/mol. The van der Waals surface area contributed by atoms with E-state index in [0.29, 0.717) is 11.3 Å². The van der Waals surface area contributed by atoms with Crippen LogP contribution >= 0.6 is 10.6 Å². The van der Waals surface area contributed by atoms with E-state index in [0.717, 1.165) is 0 Å². The quantitative estimate of drug-likeness (QED) is 0.895. The van der Waals surface area contributed by atoms with Gasteiger partial charge in [-0.2, -0.15) is 10.6 Å². The number of methoxy groups -OCH3 is 1. The first-order valence-corrected chi connectivity index (χ1v) is 9.85. The van der Waals surface area contributed by atoms with Gasteiger partial charge in [0.1, 0.15) is 11.0 Å². The van der Waals surface area contributed by atoms with Crippen LogP contribution in [0.4, 0.5) is 0 Å². The van der Waals surface area contributed by atoms with Crippen LogP contribution in [0.1, 0.15) is 10.8 Å². The van der Waals surface area contributed by atoms with E-state index in [1.165, 1.54) is 25.3 Å². The highest BCUT2D eigenvalue weighted by atomic mass is 32.3. The van der Waals surface area contributed by atoms with Crippen molar-refractivity contribution in [1.82, 2.24) is 0 Å². The predicted molar refractivity (Wildman–Crippen MR) is 85.3 cm³/mol. The molecule has 0 aliphatic carbocycles. The van der Waals surface area contributed by atoms with Crippen LogP contribution in [0, 0.1) is 0 Å². The van der Waals surface area contributed by atoms with Crippen molar-refractivity contribution in [3.63, 3.8) is 0 Å². The summed E-state index contributed by atoms with van der Waals surface area (Å²) in [7, 11) is -5.35. The highest BCUT2D eigenvalue weighted by Gasteiger charge is 2.43. The first-order chi connectivity index (χ1) is 10.4. The van der Waals surface area contributed by atoms with Gasteiger partial charge in [0.2, 0.25) is 0 Å². The van der Waals surface area contributed by atoms with Gasteiger partial charge in [0, 0.05) is 6.07 Å². The van der Waals surface area contributed by atoms with E-state index in [4.69, 9.17) is 4.74 Å². The van der Waals surface area contributed by atoms with Crippen molar-refractivity contribution in [3.05, 3.63) is 54.1 Å². The van der Waals surface area contributed by atoms with Gasteiger partial charge in [0.15, 0.2) is 9.84 Å². The Hall–Kier alpha value is -1.54. The van der Waals surface area contributed by atoms with Gasteiger partial charge >= 0.3 is 0 Å². The van der Waals surface area contributed by atoms with Crippen molar-refractivity contribution in [2.75, 3.05) is 12.9 Å². The summed E-state index contributed by atoms with van der Waals surface area (Å²) in [6.45, 7) is 0. The van der Waals surface area contributed by atoms with Gasteiger partial charge in [-0.05, 0) is 23.8 Å². The molecule has 0 amide bonds. The van der Waals surface area contributed by atoms with Crippen LogP contribution in [-0.2, 0) is 9.84 Å². The third kappa shape index (κ3) is 2.40. The lowest BCUT2D eigenvalue weighted by Gasteiger charge is -2.27. The Morgan fingerprint density at radius 1 is 1.14 bits per heavy atom. The SMILES string of the molecule is COc1ccc2c(c1)S(O)(O)CC2S(=O)(=O)c1ccccc1. The molecule has 1 atom stereocenters. The molecule has 22 heavy (non-hydrogen) atoms. The van der Waals surface area contributed by atoms with Crippen LogP contribution in [0.2, 0.25) is 0 Å². The Bertz CT molecular complexity index is 800. The number of fused-ring (bicyclic) bond motifs is 1. The molecule has 1 heterocycles. The van der Waals surface area contributed by atoms with Crippen molar-refractivity contribution >= 4 is 20.4 Å². The first kappa shape index (κ1) is 15.4. The average molecular weight is 340 g/mol. The minimum Gasteiger partial charge on any atom is -0.497 e. The Morgan fingerprint density at radius 3 is 2.45 bits per heavy atom. The van der Waals surface area contributed by atoms with Crippen LogP contribution in [0.25, 0.3) is 0 Å². The predicted octanol–water partition coefficient (Wildman–Crippen LogP) is 3.33. The van der Waals surface area contributed by atoms with E-state index in [2.05, 4.69) is 0 Å². The van der Waals surface area contributed by atoms with Crippen LogP contribution in [-0.4, -0.2) is 30.4 Å². The number of sulfone groups is 1. The first-order valence-electron chi connectivity index (χ1n) is 6.59. The molecule has 3 rings (SSSR count). The van der Waals surface area contributed by atoms with Crippen molar-refractivity contribution in [2.24, 2.45) is 0 Å². The van der Waals surface area contributed by atoms with Crippen molar-refractivity contribution in [3.8, 4) is 5.75 Å². The Morgan fingerprint density at radius 2 is 1.82 bits per heavy atom. The summed E-state index contributed by atoms with van der Waals surface area (Å²) in [5.41, 5.74) is 0.435. The minimum atomic E-state index is -3.68. The zero-order valence-corrected chi connectivity index (χ0v) is 13.5. The molecule has 0 fully saturated rings. The fourth-order valence-electron chi connectivity index (χ4n) is 2.61. The molecule has 0 aromatic heterocycles. The zero-order valence-electron chi connectivity index (χ0n) is 11.8. The fraction of sp³-hybridized carbons (Fsp3) is 0.200. The van der Waals surface area contributed by atoms with Crippen molar-refractivity contribution < 1.29 is 22.3 Å². The highest BCUT2D eigenvalue weighted by molar-refractivity contribution is 8.25. The Balaban J connectivity index is 2.13. The molecule has 0 saturated heterocycles. The fourth-order valence-corrected chi connectivity index (χ4v) is 7.05. The van der Waals surface area contributed by atoms with Crippen LogP contribution in [0.5, 0.6) is 5.75 Å².